The topological polar surface area (TPSA) is 69.7 Å². The van der Waals surface area contributed by atoms with Crippen LogP contribution < -0.4 is 10.2 Å². The summed E-state index contributed by atoms with van der Waals surface area (Å²) in [5, 5.41) is 3.29. The smallest absolute Gasteiger partial charge is 0.335 e. The summed E-state index contributed by atoms with van der Waals surface area (Å²) in [6.45, 7) is -0.290. The van der Waals surface area contributed by atoms with E-state index in [2.05, 4.69) is 5.32 Å². The first kappa shape index (κ1) is 14.2. The van der Waals surface area contributed by atoms with E-state index >= 15 is 0 Å². The lowest BCUT2D eigenvalue weighted by Crippen LogP contribution is -2.43. The minimum absolute atomic E-state index is 0.107. The summed E-state index contributed by atoms with van der Waals surface area (Å²) in [6, 6.07) is 3.25. The van der Waals surface area contributed by atoms with E-state index in [1.54, 1.807) is 0 Å². The van der Waals surface area contributed by atoms with Crippen LogP contribution in [0.15, 0.2) is 18.2 Å². The Labute approximate surface area is 130 Å². The molecule has 1 heterocycles. The van der Waals surface area contributed by atoms with Gasteiger partial charge in [-0.25, -0.2) is 19.4 Å². The molecule has 0 unspecified atom stereocenters. The third-order valence-electron chi connectivity index (χ3n) is 3.22. The number of anilines is 1. The number of nitrogens with zero attached hydrogens (tertiary/aromatic N) is 2. The van der Waals surface area contributed by atoms with E-state index in [0.717, 1.165) is 22.6 Å². The van der Waals surface area contributed by atoms with Gasteiger partial charge >= 0.3 is 12.1 Å². The Bertz CT molecular complexity index is 625. The highest BCUT2D eigenvalue weighted by Gasteiger charge is 2.42. The molecule has 2 fully saturated rings. The first-order valence-corrected chi connectivity index (χ1v) is 7.12. The maximum Gasteiger partial charge on any atom is 0.340 e. The molecule has 1 saturated heterocycles. The fourth-order valence-electron chi connectivity index (χ4n) is 2.06. The first-order valence-electron chi connectivity index (χ1n) is 6.37. The van der Waals surface area contributed by atoms with Crippen LogP contribution in [0.1, 0.15) is 12.8 Å². The van der Waals surface area contributed by atoms with Crippen LogP contribution in [0.4, 0.5) is 15.3 Å². The molecule has 0 bridgehead atoms. The predicted molar refractivity (Wildman–Crippen MR) is 77.6 cm³/mol. The number of benzene rings is 1. The highest BCUT2D eigenvalue weighted by atomic mass is 35.5. The van der Waals surface area contributed by atoms with Crippen LogP contribution in [0.5, 0.6) is 0 Å². The van der Waals surface area contributed by atoms with Gasteiger partial charge in [-0.2, -0.15) is 0 Å². The van der Waals surface area contributed by atoms with Gasteiger partial charge in [-0.3, -0.25) is 4.79 Å². The average molecular weight is 328 g/mol. The lowest BCUT2D eigenvalue weighted by Gasteiger charge is -2.16. The van der Waals surface area contributed by atoms with Gasteiger partial charge in [0.15, 0.2) is 0 Å². The monoisotopic (exact) mass is 327 g/mol. The van der Waals surface area contributed by atoms with Crippen molar-refractivity contribution in [3.8, 4) is 0 Å². The molecular formula is C13H11Cl2N3O3. The molecule has 0 atom stereocenters. The van der Waals surface area contributed by atoms with E-state index < -0.39 is 18.0 Å². The molecule has 1 aliphatic heterocycles. The number of carbonyl (C=O) groups excluding carboxylic acids is 3. The number of hydrogen-bond acceptors (Lipinski definition) is 3. The Kier molecular flexibility index (Phi) is 3.51. The summed E-state index contributed by atoms with van der Waals surface area (Å²) in [7, 11) is 0. The summed E-state index contributed by atoms with van der Waals surface area (Å²) >= 11 is 11.7. The Morgan fingerprint density at radius 2 is 1.76 bits per heavy atom. The van der Waals surface area contributed by atoms with Crippen molar-refractivity contribution in [1.29, 1.82) is 0 Å². The number of nitrogens with one attached hydrogen (secondary N) is 1. The number of urea groups is 2. The van der Waals surface area contributed by atoms with Crippen LogP contribution in [0, 0.1) is 0 Å². The van der Waals surface area contributed by atoms with Crippen LogP contribution in [-0.2, 0) is 4.79 Å². The second-order valence-electron chi connectivity index (χ2n) is 4.95. The van der Waals surface area contributed by atoms with Gasteiger partial charge in [0, 0.05) is 16.1 Å². The Balaban J connectivity index is 1.84. The van der Waals surface area contributed by atoms with Gasteiger partial charge in [0.2, 0.25) is 0 Å². The van der Waals surface area contributed by atoms with E-state index in [9.17, 15) is 14.4 Å². The predicted octanol–water partition coefficient (Wildman–Crippen LogP) is 2.63. The molecule has 21 heavy (non-hydrogen) atoms. The van der Waals surface area contributed by atoms with Gasteiger partial charge in [-0.1, -0.05) is 23.2 Å². The van der Waals surface area contributed by atoms with Crippen molar-refractivity contribution >= 4 is 46.9 Å². The minimum atomic E-state index is -0.698. The van der Waals surface area contributed by atoms with Crippen molar-refractivity contribution in [1.82, 2.24) is 10.2 Å². The summed E-state index contributed by atoms with van der Waals surface area (Å²) in [4.78, 5) is 38.0. The standard InChI is InChI=1S/C13H11Cl2N3O3/c14-7-3-8(15)5-10(4-7)18-11(19)6-17(13(18)21)12(20)16-9-1-2-9/h3-5,9H,1-2,6H2,(H,16,20). The second kappa shape index (κ2) is 5.20. The zero-order valence-electron chi connectivity index (χ0n) is 10.8. The third kappa shape index (κ3) is 2.82. The molecular weight excluding hydrogens is 317 g/mol. The lowest BCUT2D eigenvalue weighted by molar-refractivity contribution is -0.116. The van der Waals surface area contributed by atoms with Crippen molar-refractivity contribution in [2.45, 2.75) is 18.9 Å². The largest absolute Gasteiger partial charge is 0.340 e. The summed E-state index contributed by atoms with van der Waals surface area (Å²) < 4.78 is 0. The van der Waals surface area contributed by atoms with Crippen molar-refractivity contribution in [2.24, 2.45) is 0 Å². The van der Waals surface area contributed by atoms with E-state index in [4.69, 9.17) is 23.2 Å². The van der Waals surface area contributed by atoms with Gasteiger partial charge in [0.05, 0.1) is 5.69 Å². The fraction of sp³-hybridized carbons (Fsp3) is 0.308. The second-order valence-corrected chi connectivity index (χ2v) is 5.82. The summed E-state index contributed by atoms with van der Waals surface area (Å²) in [6.07, 6.45) is 1.80. The highest BCUT2D eigenvalue weighted by molar-refractivity contribution is 6.35. The SMILES string of the molecule is O=C(NC1CC1)N1CC(=O)N(c2cc(Cl)cc(Cl)c2)C1=O. The molecule has 2 aliphatic rings. The maximum absolute atomic E-state index is 12.3. The molecule has 1 N–H and O–H groups in total. The maximum atomic E-state index is 12.3. The summed E-state index contributed by atoms with van der Waals surface area (Å²) in [5.41, 5.74) is 0.254. The minimum Gasteiger partial charge on any atom is -0.335 e. The van der Waals surface area contributed by atoms with Crippen LogP contribution in [0.2, 0.25) is 10.0 Å². The molecule has 0 aromatic heterocycles. The molecule has 1 aliphatic carbocycles. The van der Waals surface area contributed by atoms with E-state index in [1.807, 2.05) is 0 Å². The van der Waals surface area contributed by atoms with Crippen molar-refractivity contribution < 1.29 is 14.4 Å². The number of imide groups is 2. The molecule has 0 radical (unpaired) electrons. The number of carbonyl (C=O) groups is 3. The molecule has 1 aromatic rings. The van der Waals surface area contributed by atoms with Gasteiger partial charge in [0.1, 0.15) is 6.54 Å². The molecule has 8 heteroatoms. The number of amides is 5. The van der Waals surface area contributed by atoms with Crippen LogP contribution in [-0.4, -0.2) is 35.5 Å². The van der Waals surface area contributed by atoms with E-state index in [-0.39, 0.29) is 18.3 Å². The normalized spacial score (nSPS) is 18.4. The van der Waals surface area contributed by atoms with Gasteiger partial charge < -0.3 is 5.32 Å². The Morgan fingerprint density at radius 1 is 1.14 bits per heavy atom. The van der Waals surface area contributed by atoms with Gasteiger partial charge in [-0.05, 0) is 31.0 Å². The number of rotatable bonds is 2. The van der Waals surface area contributed by atoms with Crippen LogP contribution >= 0.6 is 23.2 Å². The van der Waals surface area contributed by atoms with E-state index in [1.165, 1.54) is 18.2 Å². The molecule has 110 valence electrons. The van der Waals surface area contributed by atoms with Crippen LogP contribution in [0.3, 0.4) is 0 Å². The average Bonchev–Trinajstić information content (AvgIpc) is 3.13. The number of hydrogen-bond donors (Lipinski definition) is 1. The Hall–Kier alpha value is -1.79. The summed E-state index contributed by atoms with van der Waals surface area (Å²) in [5.74, 6) is -0.496. The lowest BCUT2D eigenvalue weighted by atomic mass is 10.3. The van der Waals surface area contributed by atoms with Crippen molar-refractivity contribution in [2.75, 3.05) is 11.4 Å². The quantitative estimate of drug-likeness (QED) is 0.849. The van der Waals surface area contributed by atoms with Gasteiger partial charge in [0.25, 0.3) is 5.91 Å². The van der Waals surface area contributed by atoms with Crippen LogP contribution in [0.25, 0.3) is 0 Å². The molecule has 5 amide bonds. The molecule has 0 spiro atoms. The number of halogens is 2. The molecule has 6 nitrogen and oxygen atoms in total. The Morgan fingerprint density at radius 3 is 2.33 bits per heavy atom. The first-order chi connectivity index (χ1) is 9.95. The third-order valence-corrected chi connectivity index (χ3v) is 3.66. The molecule has 3 rings (SSSR count). The van der Waals surface area contributed by atoms with Crippen molar-refractivity contribution in [3.63, 3.8) is 0 Å². The van der Waals surface area contributed by atoms with E-state index in [0.29, 0.717) is 10.0 Å². The zero-order chi connectivity index (χ0) is 15.1. The van der Waals surface area contributed by atoms with Gasteiger partial charge in [-0.15, -0.1) is 0 Å². The molecule has 1 aromatic carbocycles. The zero-order valence-corrected chi connectivity index (χ0v) is 12.3. The fourth-order valence-corrected chi connectivity index (χ4v) is 2.58. The van der Waals surface area contributed by atoms with Crippen molar-refractivity contribution in [3.05, 3.63) is 28.2 Å². The molecule has 1 saturated carbocycles. The highest BCUT2D eigenvalue weighted by Crippen LogP contribution is 2.29.